The molecule has 0 aromatic heterocycles. The molecule has 0 N–H and O–H groups in total. The molecule has 0 bridgehead atoms. The van der Waals surface area contributed by atoms with Crippen molar-refractivity contribution in [1.82, 2.24) is 0 Å². The summed E-state index contributed by atoms with van der Waals surface area (Å²) >= 11 is 0. The predicted molar refractivity (Wildman–Crippen MR) is 298 cm³/mol. The quantitative estimate of drug-likeness (QED) is 0.0262. The second kappa shape index (κ2) is 57.9. The molecule has 1 atom stereocenters. The number of rotatable bonds is 55. The van der Waals surface area contributed by atoms with Crippen molar-refractivity contribution in [3.63, 3.8) is 0 Å². The van der Waals surface area contributed by atoms with Gasteiger partial charge in [-0.05, 0) is 103 Å². The first-order valence-electron chi connectivity index (χ1n) is 30.1. The number of unbranched alkanes of at least 4 members (excludes halogenated alkanes) is 36. The van der Waals surface area contributed by atoms with Gasteiger partial charge in [-0.1, -0.05) is 243 Å². The monoisotopic (exact) mass is 967 g/mol. The van der Waals surface area contributed by atoms with E-state index in [0.29, 0.717) is 19.3 Å². The zero-order chi connectivity index (χ0) is 50.0. The summed E-state index contributed by atoms with van der Waals surface area (Å²) in [6, 6.07) is 0. The number of hydrogen-bond donors (Lipinski definition) is 0. The maximum atomic E-state index is 12.9. The normalized spacial score (nSPS) is 12.3. The third-order valence-electron chi connectivity index (χ3n) is 13.3. The van der Waals surface area contributed by atoms with Crippen molar-refractivity contribution in [3.8, 4) is 0 Å². The van der Waals surface area contributed by atoms with Gasteiger partial charge >= 0.3 is 17.9 Å². The third-order valence-corrected chi connectivity index (χ3v) is 13.3. The van der Waals surface area contributed by atoms with Crippen LogP contribution in [0, 0.1) is 0 Å². The fraction of sp³-hybridized carbons (Fsp3) is 0.825. The summed E-state index contributed by atoms with van der Waals surface area (Å²) in [5, 5.41) is 0. The van der Waals surface area contributed by atoms with Crippen LogP contribution < -0.4 is 0 Å². The highest BCUT2D eigenvalue weighted by Crippen LogP contribution is 2.16. The van der Waals surface area contributed by atoms with Crippen molar-refractivity contribution in [2.45, 2.75) is 322 Å². The van der Waals surface area contributed by atoms with Crippen LogP contribution in [-0.4, -0.2) is 37.2 Å². The van der Waals surface area contributed by atoms with Crippen molar-refractivity contribution >= 4 is 17.9 Å². The van der Waals surface area contributed by atoms with E-state index in [1.807, 2.05) is 0 Å². The van der Waals surface area contributed by atoms with Gasteiger partial charge in [-0.3, -0.25) is 14.4 Å². The average molecular weight is 968 g/mol. The highest BCUT2D eigenvalue weighted by atomic mass is 16.6. The Hall–Kier alpha value is -2.63. The lowest BCUT2D eigenvalue weighted by molar-refractivity contribution is -0.167. The minimum Gasteiger partial charge on any atom is -0.462 e. The van der Waals surface area contributed by atoms with Crippen LogP contribution in [0.1, 0.15) is 316 Å². The molecule has 0 saturated heterocycles. The van der Waals surface area contributed by atoms with Crippen molar-refractivity contribution in [3.05, 3.63) is 48.6 Å². The SMILES string of the molecule is CCCCCC/C=C\C/C=C\CCCCCCCC(=O)OC(COC(=O)CCCCCCC/C=C\CCCCCCCCC)COC(=O)CCCCCCCCCCC/C=C\CCCCCCCC. The molecule has 402 valence electrons. The summed E-state index contributed by atoms with van der Waals surface area (Å²) in [7, 11) is 0. The Bertz CT molecular complexity index is 1200. The second-order valence-corrected chi connectivity index (χ2v) is 20.2. The average Bonchev–Trinajstić information content (AvgIpc) is 3.35. The van der Waals surface area contributed by atoms with Crippen molar-refractivity contribution in [2.75, 3.05) is 13.2 Å². The van der Waals surface area contributed by atoms with Crippen LogP contribution >= 0.6 is 0 Å². The Morgan fingerprint density at radius 2 is 0.522 bits per heavy atom. The molecule has 0 heterocycles. The van der Waals surface area contributed by atoms with Gasteiger partial charge in [0, 0.05) is 19.3 Å². The van der Waals surface area contributed by atoms with Crippen LogP contribution in [0.5, 0.6) is 0 Å². The third kappa shape index (κ3) is 56.2. The first-order valence-corrected chi connectivity index (χ1v) is 30.1. The van der Waals surface area contributed by atoms with Crippen LogP contribution in [0.25, 0.3) is 0 Å². The van der Waals surface area contributed by atoms with E-state index in [1.165, 1.54) is 186 Å². The van der Waals surface area contributed by atoms with Gasteiger partial charge in [0.25, 0.3) is 0 Å². The fourth-order valence-corrected chi connectivity index (χ4v) is 8.70. The van der Waals surface area contributed by atoms with Crippen LogP contribution in [-0.2, 0) is 28.6 Å². The molecule has 0 aliphatic carbocycles. The molecule has 0 aromatic rings. The fourth-order valence-electron chi connectivity index (χ4n) is 8.70. The molecule has 0 spiro atoms. The molecule has 1 unspecified atom stereocenters. The van der Waals surface area contributed by atoms with Crippen LogP contribution in [0.15, 0.2) is 48.6 Å². The molecule has 0 rings (SSSR count). The molecular formula is C63H114O6. The number of carbonyl (C=O) groups is 3. The van der Waals surface area contributed by atoms with Gasteiger partial charge < -0.3 is 14.2 Å². The molecule has 0 fully saturated rings. The maximum absolute atomic E-state index is 12.9. The molecule has 0 aliphatic rings. The molecular weight excluding hydrogens is 853 g/mol. The zero-order valence-corrected chi connectivity index (χ0v) is 46.1. The summed E-state index contributed by atoms with van der Waals surface area (Å²) in [5.41, 5.74) is 0. The van der Waals surface area contributed by atoms with Crippen molar-refractivity contribution < 1.29 is 28.6 Å². The summed E-state index contributed by atoms with van der Waals surface area (Å²) in [6.45, 7) is 6.63. The molecule has 6 nitrogen and oxygen atoms in total. The summed E-state index contributed by atoms with van der Waals surface area (Å²) in [4.78, 5) is 38.2. The van der Waals surface area contributed by atoms with Gasteiger partial charge in [0.15, 0.2) is 6.10 Å². The van der Waals surface area contributed by atoms with E-state index >= 15 is 0 Å². The molecule has 0 aliphatic heterocycles. The van der Waals surface area contributed by atoms with E-state index in [2.05, 4.69) is 69.4 Å². The highest BCUT2D eigenvalue weighted by molar-refractivity contribution is 5.71. The largest absolute Gasteiger partial charge is 0.462 e. The number of hydrogen-bond acceptors (Lipinski definition) is 6. The maximum Gasteiger partial charge on any atom is 0.306 e. The lowest BCUT2D eigenvalue weighted by Crippen LogP contribution is -2.30. The number of carbonyl (C=O) groups excluding carboxylic acids is 3. The van der Waals surface area contributed by atoms with E-state index in [9.17, 15) is 14.4 Å². The molecule has 69 heavy (non-hydrogen) atoms. The highest BCUT2D eigenvalue weighted by Gasteiger charge is 2.19. The summed E-state index contributed by atoms with van der Waals surface area (Å²) < 4.78 is 16.9. The lowest BCUT2D eigenvalue weighted by atomic mass is 10.1. The Labute approximate surface area is 428 Å². The van der Waals surface area contributed by atoms with Crippen LogP contribution in [0.3, 0.4) is 0 Å². The molecule has 0 amide bonds. The summed E-state index contributed by atoms with van der Waals surface area (Å²) in [5.74, 6) is -0.890. The molecule has 0 saturated carbocycles. The minimum atomic E-state index is -0.784. The predicted octanol–water partition coefficient (Wildman–Crippen LogP) is 20.2. The van der Waals surface area contributed by atoms with Gasteiger partial charge in [-0.2, -0.15) is 0 Å². The lowest BCUT2D eigenvalue weighted by Gasteiger charge is -2.18. The Kier molecular flexibility index (Phi) is 55.7. The Morgan fingerprint density at radius 3 is 0.826 bits per heavy atom. The Morgan fingerprint density at radius 1 is 0.290 bits per heavy atom. The van der Waals surface area contributed by atoms with Gasteiger partial charge in [-0.25, -0.2) is 0 Å². The zero-order valence-electron chi connectivity index (χ0n) is 46.1. The van der Waals surface area contributed by atoms with E-state index in [1.54, 1.807) is 0 Å². The van der Waals surface area contributed by atoms with Gasteiger partial charge in [0.05, 0.1) is 0 Å². The van der Waals surface area contributed by atoms with Crippen molar-refractivity contribution in [2.24, 2.45) is 0 Å². The van der Waals surface area contributed by atoms with E-state index in [0.717, 1.165) is 89.9 Å². The second-order valence-electron chi connectivity index (χ2n) is 20.2. The van der Waals surface area contributed by atoms with E-state index < -0.39 is 6.10 Å². The molecule has 0 aromatic carbocycles. The van der Waals surface area contributed by atoms with Gasteiger partial charge in [0.2, 0.25) is 0 Å². The number of esters is 3. The first kappa shape index (κ1) is 66.4. The Balaban J connectivity index is 4.38. The number of allylic oxidation sites excluding steroid dienone is 8. The van der Waals surface area contributed by atoms with Crippen LogP contribution in [0.4, 0.5) is 0 Å². The van der Waals surface area contributed by atoms with E-state index in [-0.39, 0.29) is 31.1 Å². The first-order chi connectivity index (χ1) is 34.0. The molecule has 6 heteroatoms. The van der Waals surface area contributed by atoms with Crippen LogP contribution in [0.2, 0.25) is 0 Å². The van der Waals surface area contributed by atoms with Crippen molar-refractivity contribution in [1.29, 1.82) is 0 Å². The summed E-state index contributed by atoms with van der Waals surface area (Å²) in [6.07, 6.45) is 71.0. The number of ether oxygens (including phenoxy) is 3. The molecule has 0 radical (unpaired) electrons. The van der Waals surface area contributed by atoms with E-state index in [4.69, 9.17) is 14.2 Å². The minimum absolute atomic E-state index is 0.0808. The topological polar surface area (TPSA) is 78.9 Å². The van der Waals surface area contributed by atoms with Gasteiger partial charge in [-0.15, -0.1) is 0 Å². The standard InChI is InChI=1S/C63H114O6/c1-4-7-10-13-16-19-22-25-28-31-32-33-36-38-41-44-47-50-53-56-62(65)68-59-60(69-63(66)57-54-51-48-45-42-39-35-30-27-24-21-18-15-12-9-6-3)58-67-61(64)55-52-49-46-43-40-37-34-29-26-23-20-17-14-11-8-5-2/h21,24-25,28-30,34-35,60H,4-20,22-23,26-27,31-33,36-59H2,1-3H3/b24-21-,28-25-,34-29-,35-30-. The van der Waals surface area contributed by atoms with Gasteiger partial charge in [0.1, 0.15) is 13.2 Å². The smallest absolute Gasteiger partial charge is 0.306 e.